The molecule has 1 aromatic carbocycles. The van der Waals surface area contributed by atoms with Gasteiger partial charge < -0.3 is 10.5 Å². The fraction of sp³-hybridized carbons (Fsp3) is 0.462. The smallest absolute Gasteiger partial charge is 0.153 e. The number of halogens is 2. The van der Waals surface area contributed by atoms with Gasteiger partial charge in [-0.05, 0) is 40.4 Å². The molecule has 0 saturated carbocycles. The van der Waals surface area contributed by atoms with E-state index < -0.39 is 6.04 Å². The summed E-state index contributed by atoms with van der Waals surface area (Å²) in [6, 6.07) is 4.12. The number of rotatable bonds is 7. The van der Waals surface area contributed by atoms with Gasteiger partial charge in [0.1, 0.15) is 5.82 Å². The second-order valence-electron chi connectivity index (χ2n) is 4.10. The Labute approximate surface area is 115 Å². The quantitative estimate of drug-likeness (QED) is 0.786. The van der Waals surface area contributed by atoms with Gasteiger partial charge in [-0.1, -0.05) is 12.1 Å². The molecule has 0 saturated heterocycles. The van der Waals surface area contributed by atoms with E-state index in [2.05, 4.69) is 15.9 Å². The molecule has 0 amide bonds. The molecule has 0 radical (unpaired) electrons. The number of ether oxygens (including phenoxy) is 1. The summed E-state index contributed by atoms with van der Waals surface area (Å²) in [5, 5.41) is 0. The normalized spacial score (nSPS) is 12.4. The van der Waals surface area contributed by atoms with E-state index in [4.69, 9.17) is 10.5 Å². The number of methoxy groups -OCH3 is 1. The van der Waals surface area contributed by atoms with Crippen molar-refractivity contribution in [3.63, 3.8) is 0 Å². The number of benzene rings is 1. The van der Waals surface area contributed by atoms with E-state index in [1.165, 1.54) is 6.07 Å². The summed E-state index contributed by atoms with van der Waals surface area (Å²) in [5.74, 6) is -0.453. The van der Waals surface area contributed by atoms with Crippen molar-refractivity contribution in [2.45, 2.75) is 25.3 Å². The average molecular weight is 318 g/mol. The molecule has 18 heavy (non-hydrogen) atoms. The Bertz CT molecular complexity index is 412. The largest absolute Gasteiger partial charge is 0.385 e. The van der Waals surface area contributed by atoms with Crippen molar-refractivity contribution in [1.29, 1.82) is 0 Å². The lowest BCUT2D eigenvalue weighted by Crippen LogP contribution is -2.32. The summed E-state index contributed by atoms with van der Waals surface area (Å²) in [7, 11) is 1.61. The van der Waals surface area contributed by atoms with Crippen LogP contribution < -0.4 is 5.73 Å². The van der Waals surface area contributed by atoms with Gasteiger partial charge >= 0.3 is 0 Å². The molecule has 1 rings (SSSR count). The van der Waals surface area contributed by atoms with Crippen molar-refractivity contribution in [2.24, 2.45) is 5.73 Å². The van der Waals surface area contributed by atoms with E-state index in [9.17, 15) is 9.18 Å². The van der Waals surface area contributed by atoms with Crippen molar-refractivity contribution in [2.75, 3.05) is 13.7 Å². The highest BCUT2D eigenvalue weighted by Gasteiger charge is 2.16. The third-order valence-corrected chi connectivity index (χ3v) is 3.56. The van der Waals surface area contributed by atoms with Crippen LogP contribution in [0.25, 0.3) is 0 Å². The number of nitrogens with two attached hydrogens (primary N) is 1. The maximum Gasteiger partial charge on any atom is 0.153 e. The molecule has 3 nitrogen and oxygen atoms in total. The molecule has 1 aromatic rings. The lowest BCUT2D eigenvalue weighted by Gasteiger charge is -2.11. The Morgan fingerprint density at radius 3 is 2.94 bits per heavy atom. The van der Waals surface area contributed by atoms with Crippen LogP contribution in [0.15, 0.2) is 22.7 Å². The van der Waals surface area contributed by atoms with Crippen molar-refractivity contribution >= 4 is 21.7 Å². The maximum atomic E-state index is 13.3. The van der Waals surface area contributed by atoms with E-state index in [0.717, 1.165) is 6.42 Å². The molecule has 100 valence electrons. The Morgan fingerprint density at radius 1 is 1.56 bits per heavy atom. The van der Waals surface area contributed by atoms with Crippen LogP contribution in [0.5, 0.6) is 0 Å². The first kappa shape index (κ1) is 15.3. The Kier molecular flexibility index (Phi) is 6.46. The van der Waals surface area contributed by atoms with E-state index in [-0.39, 0.29) is 18.0 Å². The molecule has 0 fully saturated rings. The van der Waals surface area contributed by atoms with Crippen molar-refractivity contribution < 1.29 is 13.9 Å². The minimum atomic E-state index is -0.518. The minimum absolute atomic E-state index is 0.0857. The molecule has 0 heterocycles. The van der Waals surface area contributed by atoms with Gasteiger partial charge in [0.2, 0.25) is 0 Å². The number of Topliss-reactive ketones (excluding diaryl/α,β-unsaturated/α-hetero) is 1. The summed E-state index contributed by atoms with van der Waals surface area (Å²) in [6.07, 6.45) is 1.47. The zero-order valence-electron chi connectivity index (χ0n) is 10.3. The first-order chi connectivity index (χ1) is 8.56. The Morgan fingerprint density at radius 2 is 2.28 bits per heavy atom. The van der Waals surface area contributed by atoms with E-state index >= 15 is 0 Å². The highest BCUT2D eigenvalue weighted by atomic mass is 79.9. The van der Waals surface area contributed by atoms with Crippen LogP contribution in [0.4, 0.5) is 4.39 Å². The lowest BCUT2D eigenvalue weighted by atomic mass is 10.0. The molecule has 2 N–H and O–H groups in total. The van der Waals surface area contributed by atoms with Gasteiger partial charge in [0.05, 0.1) is 10.5 Å². The first-order valence-corrected chi connectivity index (χ1v) is 6.55. The van der Waals surface area contributed by atoms with Crippen LogP contribution in [-0.2, 0) is 16.0 Å². The molecule has 0 aliphatic rings. The maximum absolute atomic E-state index is 13.3. The van der Waals surface area contributed by atoms with Gasteiger partial charge in [-0.15, -0.1) is 0 Å². The van der Waals surface area contributed by atoms with Gasteiger partial charge in [-0.2, -0.15) is 0 Å². The summed E-state index contributed by atoms with van der Waals surface area (Å²) in [4.78, 5) is 11.9. The Hall–Kier alpha value is -0.780. The summed E-state index contributed by atoms with van der Waals surface area (Å²) in [5.41, 5.74) is 6.41. The minimum Gasteiger partial charge on any atom is -0.385 e. The van der Waals surface area contributed by atoms with Crippen LogP contribution >= 0.6 is 15.9 Å². The summed E-state index contributed by atoms with van der Waals surface area (Å²) < 4.78 is 18.5. The van der Waals surface area contributed by atoms with Crippen LogP contribution in [0, 0.1) is 5.82 Å². The van der Waals surface area contributed by atoms with Crippen LogP contribution in [0.2, 0.25) is 0 Å². The monoisotopic (exact) mass is 317 g/mol. The molecule has 1 atom stereocenters. The molecule has 0 spiro atoms. The summed E-state index contributed by atoms with van der Waals surface area (Å²) >= 11 is 3.13. The third-order valence-electron chi connectivity index (χ3n) is 2.67. The predicted octanol–water partition coefficient (Wildman–Crippen LogP) is 2.45. The molecular weight excluding hydrogens is 301 g/mol. The predicted molar refractivity (Wildman–Crippen MR) is 71.9 cm³/mol. The van der Waals surface area contributed by atoms with Crippen LogP contribution in [0.1, 0.15) is 18.4 Å². The average Bonchev–Trinajstić information content (AvgIpc) is 2.35. The second-order valence-corrected chi connectivity index (χ2v) is 4.89. The molecule has 0 aliphatic heterocycles. The van der Waals surface area contributed by atoms with Crippen molar-refractivity contribution in [1.82, 2.24) is 0 Å². The number of carbonyl (C=O) groups is 1. The molecule has 1 unspecified atom stereocenters. The van der Waals surface area contributed by atoms with Gasteiger partial charge in [0, 0.05) is 20.1 Å². The number of hydrogen-bond donors (Lipinski definition) is 1. The molecule has 5 heteroatoms. The van der Waals surface area contributed by atoms with E-state index in [0.29, 0.717) is 23.1 Å². The zero-order chi connectivity index (χ0) is 13.5. The molecule has 0 aliphatic carbocycles. The molecular formula is C13H17BrFNO2. The van der Waals surface area contributed by atoms with Crippen LogP contribution in [0.3, 0.4) is 0 Å². The van der Waals surface area contributed by atoms with Gasteiger partial charge in [0.15, 0.2) is 5.78 Å². The lowest BCUT2D eigenvalue weighted by molar-refractivity contribution is -0.119. The molecule has 0 aromatic heterocycles. The van der Waals surface area contributed by atoms with Gasteiger partial charge in [0.25, 0.3) is 0 Å². The summed E-state index contributed by atoms with van der Waals surface area (Å²) in [6.45, 7) is 0.588. The van der Waals surface area contributed by atoms with Crippen molar-refractivity contribution in [3.05, 3.63) is 34.1 Å². The number of carbonyl (C=O) groups excluding carboxylic acids is 1. The van der Waals surface area contributed by atoms with Gasteiger partial charge in [-0.3, -0.25) is 4.79 Å². The van der Waals surface area contributed by atoms with Crippen LogP contribution in [-0.4, -0.2) is 25.5 Å². The van der Waals surface area contributed by atoms with Gasteiger partial charge in [-0.25, -0.2) is 4.39 Å². The fourth-order valence-electron chi connectivity index (χ4n) is 1.61. The standard InChI is InChI=1S/C13H17BrFNO2/c1-18-7-3-6-11(16)12(17)8-9-4-2-5-10(15)13(9)14/h2,4-5,11H,3,6-8,16H2,1H3. The molecule has 0 bridgehead atoms. The SMILES string of the molecule is COCCCC(N)C(=O)Cc1cccc(F)c1Br. The number of hydrogen-bond acceptors (Lipinski definition) is 3. The number of ketones is 1. The van der Waals surface area contributed by atoms with Crippen molar-refractivity contribution in [3.8, 4) is 0 Å². The third kappa shape index (κ3) is 4.48. The second kappa shape index (κ2) is 7.61. The highest BCUT2D eigenvalue weighted by molar-refractivity contribution is 9.10. The highest BCUT2D eigenvalue weighted by Crippen LogP contribution is 2.21. The topological polar surface area (TPSA) is 52.3 Å². The zero-order valence-corrected chi connectivity index (χ0v) is 11.9. The van der Waals surface area contributed by atoms with E-state index in [1.807, 2.05) is 0 Å². The Balaban J connectivity index is 2.56. The fourth-order valence-corrected chi connectivity index (χ4v) is 2.02. The first-order valence-electron chi connectivity index (χ1n) is 5.76. The van der Waals surface area contributed by atoms with E-state index in [1.54, 1.807) is 19.2 Å².